The van der Waals surface area contributed by atoms with Crippen LogP contribution in [-0.4, -0.2) is 6.29 Å². The van der Waals surface area contributed by atoms with Crippen molar-refractivity contribution in [2.75, 3.05) is 0 Å². The van der Waals surface area contributed by atoms with Gasteiger partial charge in [-0.1, -0.05) is 47.1 Å². The van der Waals surface area contributed by atoms with Gasteiger partial charge in [0, 0.05) is 0 Å². The van der Waals surface area contributed by atoms with Crippen LogP contribution in [-0.2, 0) is 4.79 Å². The van der Waals surface area contributed by atoms with Crippen molar-refractivity contribution in [3.8, 4) is 0 Å². The summed E-state index contributed by atoms with van der Waals surface area (Å²) >= 11 is 0. The summed E-state index contributed by atoms with van der Waals surface area (Å²) in [5, 5.41) is 0. The monoisotopic (exact) mass is 196 g/mol. The first-order chi connectivity index (χ1) is 6.52. The Balaban J connectivity index is 4.45. The van der Waals surface area contributed by atoms with E-state index < -0.39 is 0 Å². The molecule has 2 unspecified atom stereocenters. The molecule has 0 N–H and O–H groups in total. The van der Waals surface area contributed by atoms with Crippen LogP contribution in [0, 0.1) is 17.8 Å². The van der Waals surface area contributed by atoms with Crippen molar-refractivity contribution < 1.29 is 4.79 Å². The third-order valence-corrected chi connectivity index (χ3v) is 2.93. The van der Waals surface area contributed by atoms with E-state index in [2.05, 4.69) is 40.7 Å². The molecule has 0 amide bonds. The van der Waals surface area contributed by atoms with E-state index in [1.165, 1.54) is 0 Å². The number of rotatable bonds is 6. The summed E-state index contributed by atoms with van der Waals surface area (Å²) in [6.45, 7) is 10.8. The van der Waals surface area contributed by atoms with Crippen LogP contribution >= 0.6 is 0 Å². The van der Waals surface area contributed by atoms with Crippen LogP contribution < -0.4 is 0 Å². The minimum Gasteiger partial charge on any atom is -0.298 e. The highest BCUT2D eigenvalue weighted by Gasteiger charge is 2.10. The van der Waals surface area contributed by atoms with Crippen molar-refractivity contribution in [1.29, 1.82) is 0 Å². The molecule has 0 heterocycles. The molecule has 0 saturated heterocycles. The van der Waals surface area contributed by atoms with Crippen LogP contribution in [0.4, 0.5) is 0 Å². The Morgan fingerprint density at radius 1 is 1.21 bits per heavy atom. The average Bonchev–Trinajstić information content (AvgIpc) is 2.13. The zero-order valence-electron chi connectivity index (χ0n) is 10.2. The van der Waals surface area contributed by atoms with Gasteiger partial charge >= 0.3 is 0 Å². The van der Waals surface area contributed by atoms with Crippen LogP contribution in [0.5, 0.6) is 0 Å². The van der Waals surface area contributed by atoms with Crippen LogP contribution in [0.1, 0.15) is 47.5 Å². The Hall–Kier alpha value is -0.590. The van der Waals surface area contributed by atoms with Gasteiger partial charge in [-0.2, -0.15) is 0 Å². The molecule has 0 aliphatic rings. The van der Waals surface area contributed by atoms with Crippen molar-refractivity contribution >= 4 is 6.29 Å². The fourth-order valence-corrected chi connectivity index (χ4v) is 1.42. The number of allylic oxidation sites excluding steroid dienone is 2. The lowest BCUT2D eigenvalue weighted by Crippen LogP contribution is -2.06. The normalized spacial score (nSPS) is 16.9. The zero-order chi connectivity index (χ0) is 11.1. The van der Waals surface area contributed by atoms with E-state index >= 15 is 0 Å². The summed E-state index contributed by atoms with van der Waals surface area (Å²) in [5.41, 5.74) is 0.980. The molecule has 0 saturated carbocycles. The molecule has 1 nitrogen and oxygen atoms in total. The van der Waals surface area contributed by atoms with Crippen LogP contribution in [0.25, 0.3) is 0 Å². The molecule has 0 bridgehead atoms. The van der Waals surface area contributed by atoms with Gasteiger partial charge in [0.2, 0.25) is 0 Å². The van der Waals surface area contributed by atoms with Gasteiger partial charge in [-0.3, -0.25) is 4.79 Å². The minimum absolute atomic E-state index is 0.415. The fraction of sp³-hybridized carbons (Fsp3) is 0.769. The number of aldehydes is 1. The second-order valence-electron chi connectivity index (χ2n) is 4.58. The van der Waals surface area contributed by atoms with Gasteiger partial charge in [0.25, 0.3) is 0 Å². The summed E-state index contributed by atoms with van der Waals surface area (Å²) < 4.78 is 0. The Bertz CT molecular complexity index is 191. The Labute approximate surface area is 88.6 Å². The van der Waals surface area contributed by atoms with Crippen molar-refractivity contribution in [1.82, 2.24) is 0 Å². The van der Waals surface area contributed by atoms with Gasteiger partial charge in [-0.25, -0.2) is 0 Å². The summed E-state index contributed by atoms with van der Waals surface area (Å²) in [4.78, 5) is 10.9. The number of hydrogen-bond donors (Lipinski definition) is 0. The molecule has 0 rings (SSSR count). The van der Waals surface area contributed by atoms with E-state index in [1.54, 1.807) is 0 Å². The Morgan fingerprint density at radius 3 is 2.14 bits per heavy atom. The zero-order valence-corrected chi connectivity index (χ0v) is 10.2. The summed E-state index contributed by atoms with van der Waals surface area (Å²) in [5.74, 6) is 1.52. The second-order valence-corrected chi connectivity index (χ2v) is 4.58. The van der Waals surface area contributed by atoms with Crippen molar-refractivity contribution in [2.45, 2.75) is 47.5 Å². The quantitative estimate of drug-likeness (QED) is 0.466. The fourth-order valence-electron chi connectivity index (χ4n) is 1.42. The Morgan fingerprint density at radius 2 is 1.79 bits per heavy atom. The first-order valence-corrected chi connectivity index (χ1v) is 5.69. The van der Waals surface area contributed by atoms with Gasteiger partial charge in [0.15, 0.2) is 0 Å². The maximum atomic E-state index is 10.9. The van der Waals surface area contributed by atoms with Crippen LogP contribution in [0.2, 0.25) is 0 Å². The summed E-state index contributed by atoms with van der Waals surface area (Å²) in [6.07, 6.45) is 5.41. The van der Waals surface area contributed by atoms with Gasteiger partial charge in [0.1, 0.15) is 6.29 Å². The maximum absolute atomic E-state index is 10.9. The lowest BCUT2D eigenvalue weighted by Gasteiger charge is -2.15. The smallest absolute Gasteiger partial charge is 0.145 e. The molecule has 0 spiro atoms. The largest absolute Gasteiger partial charge is 0.298 e. The van der Waals surface area contributed by atoms with Crippen molar-refractivity contribution in [2.24, 2.45) is 17.8 Å². The molecule has 14 heavy (non-hydrogen) atoms. The van der Waals surface area contributed by atoms with E-state index in [1.807, 2.05) is 0 Å². The molecule has 0 aromatic carbocycles. The predicted molar refractivity (Wildman–Crippen MR) is 62.2 cm³/mol. The molecule has 0 aliphatic carbocycles. The van der Waals surface area contributed by atoms with Gasteiger partial charge in [-0.15, -0.1) is 0 Å². The van der Waals surface area contributed by atoms with E-state index in [0.29, 0.717) is 17.8 Å². The number of carbonyl (C=O) groups excluding carboxylic acids is 1. The van der Waals surface area contributed by atoms with Crippen molar-refractivity contribution in [3.05, 3.63) is 11.6 Å². The van der Waals surface area contributed by atoms with Crippen molar-refractivity contribution in [3.63, 3.8) is 0 Å². The van der Waals surface area contributed by atoms with E-state index in [9.17, 15) is 4.79 Å². The third-order valence-electron chi connectivity index (χ3n) is 2.93. The van der Waals surface area contributed by atoms with Gasteiger partial charge in [0.05, 0.1) is 0 Å². The third kappa shape index (κ3) is 4.59. The topological polar surface area (TPSA) is 17.1 Å². The van der Waals surface area contributed by atoms with Crippen LogP contribution in [0.3, 0.4) is 0 Å². The molecule has 1 heteroatoms. The summed E-state index contributed by atoms with van der Waals surface area (Å²) in [6, 6.07) is 0. The lowest BCUT2D eigenvalue weighted by atomic mass is 9.90. The van der Waals surface area contributed by atoms with Crippen LogP contribution in [0.15, 0.2) is 11.6 Å². The highest BCUT2D eigenvalue weighted by atomic mass is 16.1. The van der Waals surface area contributed by atoms with E-state index in [4.69, 9.17) is 0 Å². The summed E-state index contributed by atoms with van der Waals surface area (Å²) in [7, 11) is 0. The molecule has 2 atom stereocenters. The first kappa shape index (κ1) is 13.4. The molecule has 0 aliphatic heterocycles. The average molecular weight is 196 g/mol. The SMILES string of the molecule is CCCC(C)/C(C=O)=C/C(C)C(C)C. The second kappa shape index (κ2) is 6.80. The highest BCUT2D eigenvalue weighted by molar-refractivity contribution is 5.73. The van der Waals surface area contributed by atoms with E-state index in [-0.39, 0.29) is 0 Å². The first-order valence-electron chi connectivity index (χ1n) is 5.69. The van der Waals surface area contributed by atoms with Gasteiger partial charge in [-0.05, 0) is 29.7 Å². The molecular formula is C13H24O. The Kier molecular flexibility index (Phi) is 6.52. The predicted octanol–water partition coefficient (Wildman–Crippen LogP) is 3.84. The standard InChI is InChI=1S/C13H24O/c1-6-7-11(4)13(9-14)8-12(5)10(2)3/h8-12H,6-7H2,1-5H3/b13-8+. The number of carbonyl (C=O) groups is 1. The molecule has 0 aromatic heterocycles. The molecule has 0 aromatic rings. The lowest BCUT2D eigenvalue weighted by molar-refractivity contribution is -0.105. The number of hydrogen-bond acceptors (Lipinski definition) is 1. The molecule has 0 radical (unpaired) electrons. The maximum Gasteiger partial charge on any atom is 0.145 e. The minimum atomic E-state index is 0.415. The molecular weight excluding hydrogens is 172 g/mol. The molecule has 82 valence electrons. The highest BCUT2D eigenvalue weighted by Crippen LogP contribution is 2.19. The molecule has 0 fully saturated rings. The van der Waals surface area contributed by atoms with E-state index in [0.717, 1.165) is 24.7 Å². The van der Waals surface area contributed by atoms with Gasteiger partial charge < -0.3 is 0 Å².